The second-order valence-electron chi connectivity index (χ2n) is 8.80. The highest BCUT2D eigenvalue weighted by Crippen LogP contribution is 2.23. The van der Waals surface area contributed by atoms with Crippen LogP contribution < -0.4 is 14.8 Å². The van der Waals surface area contributed by atoms with Crippen molar-refractivity contribution in [3.8, 4) is 11.5 Å². The van der Waals surface area contributed by atoms with Crippen molar-refractivity contribution in [3.63, 3.8) is 0 Å². The molecule has 1 aliphatic rings. The van der Waals surface area contributed by atoms with Crippen LogP contribution in [0.1, 0.15) is 12.0 Å². The summed E-state index contributed by atoms with van der Waals surface area (Å²) in [5, 5.41) is 17.7. The van der Waals surface area contributed by atoms with Crippen molar-refractivity contribution in [1.82, 2.24) is 19.7 Å². The molecule has 2 unspecified atom stereocenters. The maximum absolute atomic E-state index is 12.6. The zero-order chi connectivity index (χ0) is 27.1. The molecule has 13 heteroatoms. The molecule has 1 saturated heterocycles. The van der Waals surface area contributed by atoms with Crippen LogP contribution in [0, 0.1) is 17.0 Å². The van der Waals surface area contributed by atoms with E-state index in [9.17, 15) is 19.7 Å². The summed E-state index contributed by atoms with van der Waals surface area (Å²) in [6, 6.07) is 10.4. The Kier molecular flexibility index (Phi) is 8.48. The van der Waals surface area contributed by atoms with Crippen molar-refractivity contribution in [2.45, 2.75) is 32.1 Å². The molecular formula is C25H28N6O7. The van der Waals surface area contributed by atoms with Gasteiger partial charge in [0.1, 0.15) is 43.1 Å². The van der Waals surface area contributed by atoms with Crippen LogP contribution in [-0.4, -0.2) is 75.4 Å². The molecule has 2 aromatic heterocycles. The third-order valence-corrected chi connectivity index (χ3v) is 5.80. The highest BCUT2D eigenvalue weighted by Gasteiger charge is 2.33. The Morgan fingerprint density at radius 1 is 1.26 bits per heavy atom. The van der Waals surface area contributed by atoms with Gasteiger partial charge < -0.3 is 34.5 Å². The fraction of sp³-hybridized carbons (Fsp3) is 0.360. The first-order valence-corrected chi connectivity index (χ1v) is 11.9. The first-order chi connectivity index (χ1) is 18.3. The summed E-state index contributed by atoms with van der Waals surface area (Å²) in [7, 11) is 1.69. The fourth-order valence-corrected chi connectivity index (χ4v) is 3.68. The average molecular weight is 525 g/mol. The highest BCUT2D eigenvalue weighted by molar-refractivity contribution is 5.94. The number of aromatic nitrogens is 3. The van der Waals surface area contributed by atoms with E-state index in [0.717, 1.165) is 11.3 Å². The standard InChI is InChI=1S/C25H28N6O7/c1-17-3-5-19(6-4-17)36-10-9-29(2)24(32)15-30-14-18(13-27-30)28-25(33)22-11-21(16-37-22)38-20-7-8-26-23(12-20)31(34)35/h3-8,12-14,21-22H,9-11,15-16H2,1-2H3,(H,28,33). The van der Waals surface area contributed by atoms with Gasteiger partial charge in [-0.1, -0.05) is 17.7 Å². The SMILES string of the molecule is Cc1ccc(OCCN(C)C(=O)Cn2cc(NC(=O)C3CC(Oc4ccnc([N+](=O)[O-])c4)CO3)cn2)cc1. The van der Waals surface area contributed by atoms with Gasteiger partial charge in [-0.3, -0.25) is 14.3 Å². The largest absolute Gasteiger partial charge is 0.492 e. The molecule has 0 radical (unpaired) electrons. The molecule has 13 nitrogen and oxygen atoms in total. The van der Waals surface area contributed by atoms with Crippen LogP contribution in [0.5, 0.6) is 11.5 Å². The van der Waals surface area contributed by atoms with E-state index in [1.54, 1.807) is 18.1 Å². The third-order valence-electron chi connectivity index (χ3n) is 5.80. The molecule has 1 fully saturated rings. The van der Waals surface area contributed by atoms with E-state index in [-0.39, 0.29) is 43.0 Å². The van der Waals surface area contributed by atoms with E-state index in [0.29, 0.717) is 18.8 Å². The van der Waals surface area contributed by atoms with Crippen LogP contribution in [0.3, 0.4) is 0 Å². The van der Waals surface area contributed by atoms with Crippen LogP contribution in [-0.2, 0) is 20.9 Å². The Balaban J connectivity index is 1.20. The number of nitrogens with zero attached hydrogens (tertiary/aromatic N) is 5. The molecule has 1 aromatic carbocycles. The molecule has 2 atom stereocenters. The van der Waals surface area contributed by atoms with Gasteiger partial charge in [0.25, 0.3) is 5.91 Å². The zero-order valence-electron chi connectivity index (χ0n) is 21.0. The topological polar surface area (TPSA) is 151 Å². The molecule has 38 heavy (non-hydrogen) atoms. The van der Waals surface area contributed by atoms with Crippen molar-refractivity contribution in [2.75, 3.05) is 32.1 Å². The van der Waals surface area contributed by atoms with Gasteiger partial charge in [0.05, 0.1) is 31.1 Å². The number of aryl methyl sites for hydroxylation is 1. The Bertz CT molecular complexity index is 1280. The van der Waals surface area contributed by atoms with Gasteiger partial charge in [-0.2, -0.15) is 5.10 Å². The van der Waals surface area contributed by atoms with Crippen molar-refractivity contribution >= 4 is 23.3 Å². The maximum atomic E-state index is 12.6. The fourth-order valence-electron chi connectivity index (χ4n) is 3.68. The molecule has 3 aromatic rings. The van der Waals surface area contributed by atoms with E-state index in [1.165, 1.54) is 29.2 Å². The van der Waals surface area contributed by atoms with Gasteiger partial charge in [0.2, 0.25) is 5.91 Å². The molecule has 0 aliphatic carbocycles. The predicted molar refractivity (Wildman–Crippen MR) is 135 cm³/mol. The number of hydrogen-bond acceptors (Lipinski definition) is 9. The van der Waals surface area contributed by atoms with Crippen molar-refractivity contribution in [3.05, 3.63) is 70.7 Å². The molecule has 0 spiro atoms. The van der Waals surface area contributed by atoms with Crippen LogP contribution in [0.4, 0.5) is 11.5 Å². The number of hydrogen-bond donors (Lipinski definition) is 1. The molecular weight excluding hydrogens is 496 g/mol. The Morgan fingerprint density at radius 3 is 2.82 bits per heavy atom. The first-order valence-electron chi connectivity index (χ1n) is 11.9. The minimum Gasteiger partial charge on any atom is -0.492 e. The molecule has 0 bridgehead atoms. The van der Waals surface area contributed by atoms with E-state index >= 15 is 0 Å². The van der Waals surface area contributed by atoms with E-state index in [2.05, 4.69) is 15.4 Å². The number of nitro groups is 1. The Hall–Kier alpha value is -4.52. The smallest absolute Gasteiger partial charge is 0.367 e. The quantitative estimate of drug-likeness (QED) is 0.294. The van der Waals surface area contributed by atoms with Gasteiger partial charge in [-0.25, -0.2) is 0 Å². The molecule has 2 amide bonds. The van der Waals surface area contributed by atoms with Crippen molar-refractivity contribution in [1.29, 1.82) is 0 Å². The van der Waals surface area contributed by atoms with E-state index < -0.39 is 17.1 Å². The van der Waals surface area contributed by atoms with Gasteiger partial charge in [-0.15, -0.1) is 0 Å². The lowest BCUT2D eigenvalue weighted by Crippen LogP contribution is -2.33. The lowest BCUT2D eigenvalue weighted by atomic mass is 10.2. The number of rotatable bonds is 11. The second kappa shape index (κ2) is 12.1. The van der Waals surface area contributed by atoms with Crippen LogP contribution in [0.15, 0.2) is 55.0 Å². The summed E-state index contributed by atoms with van der Waals surface area (Å²) in [6.07, 6.45) is 3.35. The predicted octanol–water partition coefficient (Wildman–Crippen LogP) is 2.21. The highest BCUT2D eigenvalue weighted by atomic mass is 16.6. The summed E-state index contributed by atoms with van der Waals surface area (Å²) < 4.78 is 18.4. The van der Waals surface area contributed by atoms with Gasteiger partial charge >= 0.3 is 5.82 Å². The third kappa shape index (κ3) is 7.26. The molecule has 0 saturated carbocycles. The van der Waals surface area contributed by atoms with Crippen molar-refractivity contribution < 1.29 is 28.7 Å². The number of benzene rings is 1. The minimum absolute atomic E-state index is 0.00478. The summed E-state index contributed by atoms with van der Waals surface area (Å²) in [5.74, 6) is 0.156. The minimum atomic E-state index is -0.763. The second-order valence-corrected chi connectivity index (χ2v) is 8.80. The van der Waals surface area contributed by atoms with E-state index in [4.69, 9.17) is 14.2 Å². The number of nitrogens with one attached hydrogen (secondary N) is 1. The summed E-state index contributed by atoms with van der Waals surface area (Å²) in [5.41, 5.74) is 1.57. The van der Waals surface area contributed by atoms with Gasteiger partial charge in [0.15, 0.2) is 0 Å². The monoisotopic (exact) mass is 524 g/mol. The molecule has 4 rings (SSSR count). The number of anilines is 1. The summed E-state index contributed by atoms with van der Waals surface area (Å²) in [4.78, 5) is 40.6. The van der Waals surface area contributed by atoms with Gasteiger partial charge in [0, 0.05) is 25.7 Å². The molecule has 1 aliphatic heterocycles. The molecule has 200 valence electrons. The van der Waals surface area contributed by atoms with Gasteiger partial charge in [-0.05, 0) is 29.0 Å². The lowest BCUT2D eigenvalue weighted by molar-refractivity contribution is -0.389. The molecule has 3 heterocycles. The number of ether oxygens (including phenoxy) is 3. The number of pyridine rings is 1. The lowest BCUT2D eigenvalue weighted by Gasteiger charge is -2.17. The van der Waals surface area contributed by atoms with Crippen LogP contribution in [0.25, 0.3) is 0 Å². The number of likely N-dealkylation sites (N-methyl/N-ethyl adjacent to an activating group) is 1. The number of carbonyl (C=O) groups is 2. The number of carbonyl (C=O) groups excluding carboxylic acids is 2. The van der Waals surface area contributed by atoms with E-state index in [1.807, 2.05) is 31.2 Å². The first kappa shape index (κ1) is 26.5. The summed E-state index contributed by atoms with van der Waals surface area (Å²) in [6.45, 7) is 2.92. The van der Waals surface area contributed by atoms with Crippen LogP contribution in [0.2, 0.25) is 0 Å². The zero-order valence-corrected chi connectivity index (χ0v) is 21.0. The summed E-state index contributed by atoms with van der Waals surface area (Å²) >= 11 is 0. The normalized spacial score (nSPS) is 16.6. The Labute approximate surface area is 218 Å². The average Bonchev–Trinajstić information content (AvgIpc) is 3.54. The Morgan fingerprint density at radius 2 is 2.05 bits per heavy atom. The van der Waals surface area contributed by atoms with Crippen molar-refractivity contribution in [2.24, 2.45) is 0 Å². The maximum Gasteiger partial charge on any atom is 0.367 e. The number of amides is 2. The van der Waals surface area contributed by atoms with Crippen LogP contribution >= 0.6 is 0 Å². The molecule has 1 N–H and O–H groups in total.